The Kier molecular flexibility index (Phi) is 29.2. The Morgan fingerprint density at radius 2 is 1.15 bits per heavy atom. The molecule has 21 N–H and O–H groups in total. The van der Waals surface area contributed by atoms with Crippen LogP contribution in [0.4, 0.5) is 0 Å². The van der Waals surface area contributed by atoms with Gasteiger partial charge in [-0.3, -0.25) is 38.4 Å². The van der Waals surface area contributed by atoms with Crippen molar-refractivity contribution in [1.82, 2.24) is 52.8 Å². The summed E-state index contributed by atoms with van der Waals surface area (Å²) in [6.07, 6.45) is -15.5. The number of carbonyl (C=O) groups is 9. The lowest BCUT2D eigenvalue weighted by Gasteiger charge is -2.41. The number of fused-ring (bicyclic) bond motifs is 14. The van der Waals surface area contributed by atoms with Gasteiger partial charge in [-0.25, -0.2) is 4.79 Å². The molecule has 7 aromatic rings. The number of phenolic OH excluding ortho intramolecular Hbond substituents is 4. The number of aliphatic hydroxyl groups excluding tert-OH is 7. The minimum Gasteiger partial charge on any atom is -0.508 e. The summed E-state index contributed by atoms with van der Waals surface area (Å²) in [5, 5.41) is 161. The van der Waals surface area contributed by atoms with E-state index in [-0.39, 0.29) is 53.3 Å². The highest BCUT2D eigenvalue weighted by molar-refractivity contribution is 6.33. The van der Waals surface area contributed by atoms with Gasteiger partial charge in [-0.05, 0) is 153 Å². The summed E-state index contributed by atoms with van der Waals surface area (Å²) in [4.78, 5) is 140. The summed E-state index contributed by atoms with van der Waals surface area (Å²) in [5.74, 6) is -17.8. The van der Waals surface area contributed by atoms with E-state index >= 15 is 28.8 Å². The molecule has 0 unspecified atom stereocenters. The van der Waals surface area contributed by atoms with Gasteiger partial charge in [0.15, 0.2) is 29.1 Å². The molecule has 18 atom stereocenters. The zero-order valence-electron chi connectivity index (χ0n) is 69.0. The number of benzene rings is 7. The Labute approximate surface area is 735 Å². The Bertz CT molecular complexity index is 5320. The second-order valence-electron chi connectivity index (χ2n) is 32.3. The number of carboxylic acids is 1. The van der Waals surface area contributed by atoms with E-state index in [1.165, 1.54) is 49.5 Å². The molecule has 0 aliphatic carbocycles. The first-order chi connectivity index (χ1) is 60.6. The molecule has 0 aromatic heterocycles. The van der Waals surface area contributed by atoms with E-state index in [9.17, 15) is 75.7 Å². The number of aliphatic carboxylic acids is 1. The number of phenols is 4. The van der Waals surface area contributed by atoms with Gasteiger partial charge in [0.1, 0.15) is 131 Å². The lowest BCUT2D eigenvalue weighted by atomic mass is 9.89. The van der Waals surface area contributed by atoms with Crippen LogP contribution < -0.4 is 71.5 Å². The van der Waals surface area contributed by atoms with Crippen LogP contribution in [0.3, 0.4) is 0 Å². The third kappa shape index (κ3) is 20.7. The van der Waals surface area contributed by atoms with Crippen molar-refractivity contribution in [2.75, 3.05) is 40.8 Å². The van der Waals surface area contributed by atoms with E-state index in [1.807, 2.05) is 0 Å². The van der Waals surface area contributed by atoms with Gasteiger partial charge < -0.3 is 147 Å². The van der Waals surface area contributed by atoms with E-state index in [4.69, 9.17) is 56.4 Å². The van der Waals surface area contributed by atoms with Crippen molar-refractivity contribution in [2.45, 2.75) is 181 Å². The maximum Gasteiger partial charge on any atom is 0.335 e. The number of amides is 8. The average molecular weight is 1800 g/mol. The van der Waals surface area contributed by atoms with Crippen LogP contribution in [0.2, 0.25) is 10.0 Å². The molecule has 0 radical (unpaired) electrons. The van der Waals surface area contributed by atoms with Crippen LogP contribution in [0.25, 0.3) is 11.1 Å². The quantitative estimate of drug-likeness (QED) is 0.0421. The third-order valence-corrected chi connectivity index (χ3v) is 23.2. The van der Waals surface area contributed by atoms with Crippen LogP contribution in [-0.2, 0) is 52.6 Å². The van der Waals surface area contributed by atoms with Crippen LogP contribution in [0.15, 0.2) is 115 Å². The molecule has 678 valence electrons. The molecule has 7 aromatic carbocycles. The van der Waals surface area contributed by atoms with Crippen LogP contribution in [0, 0.1) is 5.92 Å². The molecule has 127 heavy (non-hydrogen) atoms. The van der Waals surface area contributed by atoms with Crippen molar-refractivity contribution < 1.29 is 138 Å². The molecule has 8 amide bonds. The number of hydrogen-bond acceptors (Lipinski definition) is 29. The summed E-state index contributed by atoms with van der Waals surface area (Å²) in [6, 6.07) is 4.87. The zero-order chi connectivity index (χ0) is 91.3. The van der Waals surface area contributed by atoms with Crippen LogP contribution in [0.5, 0.6) is 69.0 Å². The number of halogens is 2. The lowest BCUT2D eigenvalue weighted by molar-refractivity contribution is -0.277. The summed E-state index contributed by atoms with van der Waals surface area (Å²) < 4.78 is 44.4. The summed E-state index contributed by atoms with van der Waals surface area (Å²) in [6.45, 7) is 3.61. The molecule has 8 heterocycles. The number of rotatable bonds is 22. The number of nitrogens with one attached hydrogen (secondary N) is 9. The van der Waals surface area contributed by atoms with E-state index in [2.05, 4.69) is 61.7 Å². The number of hydrogen-bond donors (Lipinski definition) is 21. The smallest absolute Gasteiger partial charge is 0.335 e. The standard InChI is InChI=1S/C87H98Cl2N10O28/c1-37(2)13-10-8-6-7-9-11-14-59(105)92-69-72(108)74(110)77(85(119)120)127-86(69)126-76-56-30-42-31-57(76)123-53-24-19-41(28-49(53)88)70(106)68-84(118)96-66(78(112)91-25-12-26-99(4)5)47-32-43(101)33-55(124-87-75(111)73(109)71(107)58(36-100)125-87)60(47)46-27-39(17-22-50(46)102)64(81(115)98-68)94-82(116)65(42)95-83(117)67-48-34-45(35-52(104)61(48)89)122-54-29-40(18-23-51(54)103)62(90-3)79(113)93-63(80(114)97-67)38-15-20-44(121-56)21-16-38/h15-24,27-35,37,58,62-75,77,86-87,90,100-104,106-111H,6-14,25-26,36H2,1-5H3,(H,91,112)(H,92,105)(H,93,113)(H,94,116)(H,95,117)(H,96,118)(H,97,114)(H,98,115)(H,119,120)/t58-,62-,63-,64-,65+,66+,67+,68+,69-,70+,71+,72+,73-,74-,75+,77+,86+,87-/m0/s1. The maximum atomic E-state index is 16.8. The van der Waals surface area contributed by atoms with Crippen molar-refractivity contribution in [2.24, 2.45) is 5.92 Å². The minimum atomic E-state index is -2.45. The first kappa shape index (κ1) is 92.8. The number of carboxylic acid groups (broad SMARTS) is 1. The minimum absolute atomic E-state index is 0.0372. The van der Waals surface area contributed by atoms with Crippen molar-refractivity contribution in [3.05, 3.63) is 164 Å². The molecule has 38 nitrogen and oxygen atoms in total. The van der Waals surface area contributed by atoms with E-state index in [0.29, 0.717) is 25.3 Å². The highest BCUT2D eigenvalue weighted by Crippen LogP contribution is 2.51. The van der Waals surface area contributed by atoms with Crippen molar-refractivity contribution in [1.29, 1.82) is 0 Å². The number of nitrogens with zero attached hydrogens (tertiary/aromatic N) is 1. The second kappa shape index (κ2) is 40.0. The van der Waals surface area contributed by atoms with E-state index in [0.717, 1.165) is 105 Å². The van der Waals surface area contributed by atoms with Gasteiger partial charge in [0.25, 0.3) is 0 Å². The van der Waals surface area contributed by atoms with E-state index in [1.54, 1.807) is 19.0 Å². The molecule has 40 heteroatoms. The van der Waals surface area contributed by atoms with Gasteiger partial charge in [-0.1, -0.05) is 106 Å². The highest BCUT2D eigenvalue weighted by Gasteiger charge is 2.52. The van der Waals surface area contributed by atoms with Gasteiger partial charge >= 0.3 is 5.97 Å². The van der Waals surface area contributed by atoms with Gasteiger partial charge in [0.2, 0.25) is 65.6 Å². The molecule has 0 spiro atoms. The second-order valence-corrected chi connectivity index (χ2v) is 33.1. The predicted octanol–water partition coefficient (Wildman–Crippen LogP) is 4.30. The lowest BCUT2D eigenvalue weighted by Crippen LogP contribution is -2.66. The zero-order valence-corrected chi connectivity index (χ0v) is 70.5. The average Bonchev–Trinajstić information content (AvgIpc) is 1.05. The number of likely N-dealkylation sites (N-methyl/N-ethyl adjacent to an activating group) is 1. The fraction of sp³-hybridized carbons (Fsp3) is 0.414. The molecule has 8 aliphatic rings. The topological polar surface area (TPSA) is 573 Å². The van der Waals surface area contributed by atoms with E-state index < -0.39 is 265 Å². The maximum absolute atomic E-state index is 16.8. The normalized spacial score (nSPS) is 25.9. The Morgan fingerprint density at radius 1 is 0.535 bits per heavy atom. The number of aliphatic hydroxyl groups is 7. The monoisotopic (exact) mass is 1800 g/mol. The van der Waals surface area contributed by atoms with Gasteiger partial charge in [-0.2, -0.15) is 0 Å². The number of unbranched alkanes of at least 4 members (excludes halogenated alkanes) is 5. The molecule has 8 aliphatic heterocycles. The Balaban J connectivity index is 1.04. The van der Waals surface area contributed by atoms with Crippen LogP contribution in [0.1, 0.15) is 153 Å². The van der Waals surface area contributed by atoms with Gasteiger partial charge in [0, 0.05) is 41.8 Å². The summed E-state index contributed by atoms with van der Waals surface area (Å²) >= 11 is 14.3. The highest BCUT2D eigenvalue weighted by atomic mass is 35.5. The molecular formula is C87H98Cl2N10O28. The molecular weight excluding hydrogens is 1700 g/mol. The fourth-order valence-electron chi connectivity index (χ4n) is 15.8. The molecule has 17 bridgehead atoms. The van der Waals surface area contributed by atoms with Gasteiger partial charge in [-0.15, -0.1) is 0 Å². The molecule has 2 fully saturated rings. The molecule has 0 saturated carbocycles. The predicted molar refractivity (Wildman–Crippen MR) is 447 cm³/mol. The first-order valence-corrected chi connectivity index (χ1v) is 41.8. The Morgan fingerprint density at radius 3 is 1.83 bits per heavy atom. The van der Waals surface area contributed by atoms with Gasteiger partial charge in [0.05, 0.1) is 16.7 Å². The number of ether oxygens (including phenoxy) is 7. The van der Waals surface area contributed by atoms with Crippen LogP contribution in [-0.4, -0.2) is 228 Å². The van der Waals surface area contributed by atoms with Crippen molar-refractivity contribution in [3.8, 4) is 80.1 Å². The molecule has 2 saturated heterocycles. The largest absolute Gasteiger partial charge is 0.508 e. The van der Waals surface area contributed by atoms with Crippen molar-refractivity contribution >= 4 is 76.4 Å². The summed E-state index contributed by atoms with van der Waals surface area (Å²) in [7, 11) is 4.94. The number of aromatic hydroxyl groups is 4. The summed E-state index contributed by atoms with van der Waals surface area (Å²) in [5.41, 5.74) is -3.05. The van der Waals surface area contributed by atoms with Crippen molar-refractivity contribution in [3.63, 3.8) is 0 Å². The fourth-order valence-corrected chi connectivity index (χ4v) is 16.2. The Hall–Kier alpha value is -11.9. The first-order valence-electron chi connectivity index (χ1n) is 41.0. The molecule has 15 rings (SSSR count). The van der Waals surface area contributed by atoms with Crippen LogP contribution >= 0.6 is 23.2 Å². The SMILES string of the molecule is CN[C@@H]1C(=O)N[C@@H]2C(=O)N[C@@H](C(=O)N[C@H]3C(=O)N[C@@H]4C(=O)N[C@@H](C(=O)N[C@@H](C(=O)NCCCN(C)C)c5cc(O)cc(O[C@H]6O[C@@H](CO)[C@@H](O)[C@H](O)[C@H]6O)c5-c5cc4ccc5O)[C@H](O)c4ccc(c(Cl)c4)Oc4cc3cc(c4O[C@@H]3O[C@@H](C(=O)O)[C@@H](O)[C@H](O)[C@@H]3NC(=O)CCCCCCCCC(C)C)Oc3ccc2cc3)c2cc(cc(O)c2Cl)Oc2cc1ccc2O. The number of carbonyl (C=O) groups excluding carboxylic acids is 8. The third-order valence-electron chi connectivity index (χ3n) is 22.5.